The van der Waals surface area contributed by atoms with Crippen LogP contribution in [0.1, 0.15) is 26.3 Å². The Hall–Kier alpha value is -1.31. The molecule has 88 valence electrons. The zero-order valence-corrected chi connectivity index (χ0v) is 10.7. The number of carbonyl (C=O) groups excluding carboxylic acids is 1. The molecule has 0 fully saturated rings. The monoisotopic (exact) mass is 219 g/mol. The first kappa shape index (κ1) is 12.8. The van der Waals surface area contributed by atoms with Crippen molar-refractivity contribution in [3.05, 3.63) is 35.9 Å². The predicted octanol–water partition coefficient (Wildman–Crippen LogP) is 2.73. The van der Waals surface area contributed by atoms with Gasteiger partial charge in [0.05, 0.1) is 0 Å². The van der Waals surface area contributed by atoms with Crippen LogP contribution in [-0.4, -0.2) is 24.4 Å². The van der Waals surface area contributed by atoms with Gasteiger partial charge in [-0.2, -0.15) is 0 Å². The van der Waals surface area contributed by atoms with E-state index in [1.807, 2.05) is 50.9 Å². The van der Waals surface area contributed by atoms with E-state index >= 15 is 0 Å². The number of amides is 1. The maximum atomic E-state index is 11.9. The third-order valence-electron chi connectivity index (χ3n) is 2.57. The summed E-state index contributed by atoms with van der Waals surface area (Å²) in [6.07, 6.45) is 0.916. The highest BCUT2D eigenvalue weighted by molar-refractivity contribution is 5.81. The summed E-state index contributed by atoms with van der Waals surface area (Å²) in [5.41, 5.74) is 0.988. The van der Waals surface area contributed by atoms with Crippen molar-refractivity contribution >= 4 is 5.91 Å². The molecule has 2 heteroatoms. The third-order valence-corrected chi connectivity index (χ3v) is 2.57. The first-order valence-corrected chi connectivity index (χ1v) is 5.71. The van der Waals surface area contributed by atoms with Crippen LogP contribution in [0.2, 0.25) is 0 Å². The largest absolute Gasteiger partial charge is 0.345 e. The van der Waals surface area contributed by atoms with Gasteiger partial charge in [-0.15, -0.1) is 0 Å². The number of nitrogens with zero attached hydrogens (tertiary/aromatic N) is 1. The Morgan fingerprint density at radius 1 is 1.19 bits per heavy atom. The van der Waals surface area contributed by atoms with Gasteiger partial charge in [0, 0.05) is 19.0 Å². The Labute approximate surface area is 98.3 Å². The fourth-order valence-corrected chi connectivity index (χ4v) is 1.62. The highest BCUT2D eigenvalue weighted by Crippen LogP contribution is 2.16. The minimum Gasteiger partial charge on any atom is -0.345 e. The van der Waals surface area contributed by atoms with Gasteiger partial charge < -0.3 is 4.90 Å². The van der Waals surface area contributed by atoms with Gasteiger partial charge >= 0.3 is 0 Å². The van der Waals surface area contributed by atoms with Crippen molar-refractivity contribution in [3.63, 3.8) is 0 Å². The highest BCUT2D eigenvalue weighted by atomic mass is 16.2. The molecular weight excluding hydrogens is 198 g/mol. The molecule has 0 unspecified atom stereocenters. The first-order valence-electron chi connectivity index (χ1n) is 5.71. The lowest BCUT2D eigenvalue weighted by molar-refractivity contribution is -0.138. The Kier molecular flexibility index (Phi) is 4.11. The van der Waals surface area contributed by atoms with Gasteiger partial charge in [-0.1, -0.05) is 51.1 Å². The molecule has 1 amide bonds. The number of benzene rings is 1. The van der Waals surface area contributed by atoms with Gasteiger partial charge in [0.15, 0.2) is 0 Å². The fraction of sp³-hybridized carbons (Fsp3) is 0.500. The SMILES string of the molecule is CN(CCc1ccccc1)C(=O)C(C)(C)C. The molecule has 0 aliphatic rings. The van der Waals surface area contributed by atoms with Gasteiger partial charge in [0.25, 0.3) is 0 Å². The number of hydrogen-bond acceptors (Lipinski definition) is 1. The van der Waals surface area contributed by atoms with E-state index in [9.17, 15) is 4.79 Å². The second-order valence-corrected chi connectivity index (χ2v) is 5.21. The van der Waals surface area contributed by atoms with E-state index in [1.54, 1.807) is 0 Å². The minimum atomic E-state index is -0.286. The molecule has 0 heterocycles. The second kappa shape index (κ2) is 5.15. The smallest absolute Gasteiger partial charge is 0.227 e. The fourth-order valence-electron chi connectivity index (χ4n) is 1.62. The van der Waals surface area contributed by atoms with E-state index in [1.165, 1.54) is 5.56 Å². The van der Waals surface area contributed by atoms with Crippen LogP contribution in [0.5, 0.6) is 0 Å². The van der Waals surface area contributed by atoms with Crippen LogP contribution in [0.4, 0.5) is 0 Å². The Balaban J connectivity index is 2.48. The summed E-state index contributed by atoms with van der Waals surface area (Å²) in [5.74, 6) is 0.198. The standard InChI is InChI=1S/C14H21NO/c1-14(2,3)13(16)15(4)11-10-12-8-6-5-7-9-12/h5-9H,10-11H2,1-4H3. The maximum Gasteiger partial charge on any atom is 0.227 e. The minimum absolute atomic E-state index is 0.198. The molecule has 0 aliphatic heterocycles. The zero-order valence-electron chi connectivity index (χ0n) is 10.7. The Bertz CT molecular complexity index is 338. The topological polar surface area (TPSA) is 20.3 Å². The summed E-state index contributed by atoms with van der Waals surface area (Å²) < 4.78 is 0. The van der Waals surface area contributed by atoms with E-state index in [0.717, 1.165) is 13.0 Å². The zero-order chi connectivity index (χ0) is 12.2. The van der Waals surface area contributed by atoms with Gasteiger partial charge in [-0.05, 0) is 12.0 Å². The maximum absolute atomic E-state index is 11.9. The molecule has 0 radical (unpaired) electrons. The molecule has 0 aliphatic carbocycles. The normalized spacial score (nSPS) is 11.2. The molecule has 1 aromatic carbocycles. The third kappa shape index (κ3) is 3.69. The molecular formula is C14H21NO. The van der Waals surface area contributed by atoms with E-state index in [4.69, 9.17) is 0 Å². The molecule has 0 spiro atoms. The van der Waals surface area contributed by atoms with Crippen LogP contribution in [0, 0.1) is 5.41 Å². The number of rotatable bonds is 3. The van der Waals surface area contributed by atoms with Crippen molar-refractivity contribution in [1.29, 1.82) is 0 Å². The molecule has 0 saturated carbocycles. The number of hydrogen-bond donors (Lipinski definition) is 0. The van der Waals surface area contributed by atoms with E-state index in [0.29, 0.717) is 0 Å². The highest BCUT2D eigenvalue weighted by Gasteiger charge is 2.24. The summed E-state index contributed by atoms with van der Waals surface area (Å²) in [4.78, 5) is 13.7. The lowest BCUT2D eigenvalue weighted by Crippen LogP contribution is -2.37. The van der Waals surface area contributed by atoms with E-state index in [2.05, 4.69) is 12.1 Å². The molecule has 0 bridgehead atoms. The van der Waals surface area contributed by atoms with Gasteiger partial charge in [-0.25, -0.2) is 0 Å². The Morgan fingerprint density at radius 2 is 1.75 bits per heavy atom. The van der Waals surface area contributed by atoms with Gasteiger partial charge in [0.2, 0.25) is 5.91 Å². The van der Waals surface area contributed by atoms with Crippen LogP contribution in [0.25, 0.3) is 0 Å². The van der Waals surface area contributed by atoms with E-state index in [-0.39, 0.29) is 11.3 Å². The molecule has 1 aromatic rings. The predicted molar refractivity (Wildman–Crippen MR) is 67.2 cm³/mol. The average molecular weight is 219 g/mol. The Morgan fingerprint density at radius 3 is 2.25 bits per heavy atom. The first-order chi connectivity index (χ1) is 7.41. The summed E-state index contributed by atoms with van der Waals surface area (Å²) in [7, 11) is 1.87. The number of carbonyl (C=O) groups is 1. The molecule has 2 nitrogen and oxygen atoms in total. The quantitative estimate of drug-likeness (QED) is 0.765. The van der Waals surface area contributed by atoms with Crippen LogP contribution in [-0.2, 0) is 11.2 Å². The van der Waals surface area contributed by atoms with Crippen molar-refractivity contribution in [3.8, 4) is 0 Å². The van der Waals surface area contributed by atoms with Crippen molar-refractivity contribution in [2.24, 2.45) is 5.41 Å². The molecule has 0 aromatic heterocycles. The molecule has 1 rings (SSSR count). The van der Waals surface area contributed by atoms with Gasteiger partial charge in [-0.3, -0.25) is 4.79 Å². The molecule has 0 saturated heterocycles. The molecule has 16 heavy (non-hydrogen) atoms. The summed E-state index contributed by atoms with van der Waals surface area (Å²) >= 11 is 0. The lowest BCUT2D eigenvalue weighted by Gasteiger charge is -2.25. The molecule has 0 atom stereocenters. The second-order valence-electron chi connectivity index (χ2n) is 5.21. The van der Waals surface area contributed by atoms with Crippen LogP contribution >= 0.6 is 0 Å². The van der Waals surface area contributed by atoms with Gasteiger partial charge in [0.1, 0.15) is 0 Å². The molecule has 0 N–H and O–H groups in total. The van der Waals surface area contributed by atoms with Crippen molar-refractivity contribution in [2.75, 3.05) is 13.6 Å². The summed E-state index contributed by atoms with van der Waals surface area (Å²) in [5, 5.41) is 0. The van der Waals surface area contributed by atoms with Crippen LogP contribution in [0.15, 0.2) is 30.3 Å². The average Bonchev–Trinajstić information content (AvgIpc) is 2.25. The van der Waals surface area contributed by atoms with Crippen LogP contribution < -0.4 is 0 Å². The van der Waals surface area contributed by atoms with Crippen molar-refractivity contribution < 1.29 is 4.79 Å². The van der Waals surface area contributed by atoms with Crippen LogP contribution in [0.3, 0.4) is 0 Å². The number of likely N-dealkylation sites (N-methyl/N-ethyl adjacent to an activating group) is 1. The lowest BCUT2D eigenvalue weighted by atomic mass is 9.95. The van der Waals surface area contributed by atoms with Crippen molar-refractivity contribution in [2.45, 2.75) is 27.2 Å². The summed E-state index contributed by atoms with van der Waals surface area (Å²) in [6, 6.07) is 10.3. The van der Waals surface area contributed by atoms with Crippen molar-refractivity contribution in [1.82, 2.24) is 4.90 Å². The van der Waals surface area contributed by atoms with E-state index < -0.39 is 0 Å². The summed E-state index contributed by atoms with van der Waals surface area (Å²) in [6.45, 7) is 6.64.